The molecule has 2 aliphatic heterocycles. The van der Waals surface area contributed by atoms with E-state index in [1.54, 1.807) is 13.0 Å². The number of carboxylic acid groups (broad SMARTS) is 6. The van der Waals surface area contributed by atoms with E-state index >= 15 is 4.79 Å². The van der Waals surface area contributed by atoms with E-state index in [0.717, 1.165) is 18.4 Å². The lowest BCUT2D eigenvalue weighted by molar-refractivity contribution is -0.369. The Morgan fingerprint density at radius 3 is 1.56 bits per heavy atom. The number of carbonyl (C=O) groups excluding carboxylic acids is 4. The summed E-state index contributed by atoms with van der Waals surface area (Å²) in [4.78, 5) is 127. The van der Waals surface area contributed by atoms with Crippen LogP contribution in [0.25, 0.3) is 0 Å². The van der Waals surface area contributed by atoms with E-state index in [-0.39, 0.29) is 35.9 Å². The summed E-state index contributed by atoms with van der Waals surface area (Å²) in [5.41, 5.74) is -3.28. The molecule has 28 nitrogen and oxygen atoms in total. The number of carbonyl (C=O) groups is 10. The Morgan fingerprint density at radius 2 is 1.06 bits per heavy atom. The van der Waals surface area contributed by atoms with Crippen molar-refractivity contribution < 1.29 is 123 Å². The predicted octanol–water partition coefficient (Wildman–Crippen LogP) is 0.294. The number of amides is 3. The largest absolute Gasteiger partial charge is 0.481 e. The number of ether oxygens (including phenoxy) is 4. The van der Waals surface area contributed by atoms with Gasteiger partial charge >= 0.3 is 35.8 Å². The topological polar surface area (TPSA) is 466 Å². The fraction of sp³-hybridized carbons (Fsp3) is 0.789. The maximum Gasteiger partial charge on any atom is 0.326 e. The molecule has 5 aliphatic carbocycles. The van der Waals surface area contributed by atoms with Crippen LogP contribution < -0.4 is 16.0 Å². The zero-order valence-corrected chi connectivity index (χ0v) is 48.6. The molecule has 0 aromatic rings. The molecule has 0 aromatic carbocycles. The van der Waals surface area contributed by atoms with Gasteiger partial charge in [-0.25, -0.2) is 14.4 Å². The third-order valence-corrected chi connectivity index (χ3v) is 21.1. The summed E-state index contributed by atoms with van der Waals surface area (Å²) in [6.45, 7) is 14.2. The lowest BCUT2D eigenvalue weighted by atomic mass is 9.33. The van der Waals surface area contributed by atoms with Crippen LogP contribution in [0.2, 0.25) is 0 Å². The molecule has 3 amide bonds. The summed E-state index contributed by atoms with van der Waals surface area (Å²) >= 11 is 0. The summed E-state index contributed by atoms with van der Waals surface area (Å²) in [5.74, 6) is -13.1. The van der Waals surface area contributed by atoms with Gasteiger partial charge in [0.2, 0.25) is 5.91 Å². The van der Waals surface area contributed by atoms with Crippen molar-refractivity contribution in [3.8, 4) is 0 Å². The van der Waals surface area contributed by atoms with Crippen molar-refractivity contribution in [3.05, 3.63) is 11.6 Å². The normalized spacial score (nSPS) is 40.4. The zero-order valence-electron chi connectivity index (χ0n) is 48.6. The molecule has 6 fully saturated rings. The monoisotopic (exact) mass is 1210 g/mol. The molecule has 7 aliphatic rings. The van der Waals surface area contributed by atoms with E-state index in [1.807, 2.05) is 19.2 Å². The molecule has 19 unspecified atom stereocenters. The third-order valence-electron chi connectivity index (χ3n) is 21.1. The predicted molar refractivity (Wildman–Crippen MR) is 286 cm³/mol. The van der Waals surface area contributed by atoms with Gasteiger partial charge in [-0.15, -0.1) is 0 Å². The minimum absolute atomic E-state index is 0.0972. The number of aliphatic carboxylic acids is 6. The van der Waals surface area contributed by atoms with E-state index in [0.29, 0.717) is 38.5 Å². The van der Waals surface area contributed by atoms with Gasteiger partial charge in [0.15, 0.2) is 30.6 Å². The zero-order chi connectivity index (χ0) is 63.4. The van der Waals surface area contributed by atoms with E-state index < -0.39 is 204 Å². The molecule has 22 atom stereocenters. The molecule has 476 valence electrons. The number of ketones is 1. The minimum Gasteiger partial charge on any atom is -0.481 e. The maximum atomic E-state index is 15.4. The van der Waals surface area contributed by atoms with Crippen LogP contribution in [0.3, 0.4) is 0 Å². The number of allylic oxidation sites excluding steroid dienone is 2. The van der Waals surface area contributed by atoms with Crippen molar-refractivity contribution >= 4 is 59.3 Å². The van der Waals surface area contributed by atoms with Crippen molar-refractivity contribution in [2.45, 2.75) is 230 Å². The van der Waals surface area contributed by atoms with Gasteiger partial charge in [-0.05, 0) is 122 Å². The molecule has 0 aromatic heterocycles. The van der Waals surface area contributed by atoms with Crippen LogP contribution in [0.1, 0.15) is 145 Å². The first-order valence-corrected chi connectivity index (χ1v) is 28.9. The first-order chi connectivity index (χ1) is 39.4. The standard InChI is InChI=1S/C57H83N3O25/c1-52(2)30-14-17-57(7)43(29(61)22-24-25-23-54(4,19-18-53(25,3)20-21-56(24,57)6)51(81)60-28(48(79)80)10-13-34(66)67)55(30,5)16-15-31(52)82-50-42(38(71)37(70)41(84-50)45(74)59-27(47(77)78)9-12-33(64)65)85-49-39(72)35(68)36(69)40(83-49)44(73)58-26(46(75)76)8-11-32(62)63/h22,25-28,30-31,35-43,49-50,68-72H,8-21,23H2,1-7H3,(H,58,73)(H,59,74)(H,60,81)(H,62,63)(H,64,65)(H,66,67)(H,75,76)(H,77,78)(H,79,80)/t25?,26?,27?,28?,30?,31?,35?,36?,37?,38?,39?,40?,41?,42?,43?,49?,50?,53?,54-,55-,56?,57+/m0/s1. The van der Waals surface area contributed by atoms with Gasteiger partial charge in [0.25, 0.3) is 11.8 Å². The fourth-order valence-electron chi connectivity index (χ4n) is 15.8. The molecule has 2 saturated heterocycles. The Balaban J connectivity index is 1.18. The van der Waals surface area contributed by atoms with Crippen molar-refractivity contribution in [2.24, 2.45) is 50.2 Å². The highest BCUT2D eigenvalue weighted by Crippen LogP contribution is 2.75. The average molecular weight is 1210 g/mol. The van der Waals surface area contributed by atoms with Crippen molar-refractivity contribution in [1.82, 2.24) is 16.0 Å². The Kier molecular flexibility index (Phi) is 19.5. The number of hydrogen-bond donors (Lipinski definition) is 14. The van der Waals surface area contributed by atoms with Crippen LogP contribution in [0.5, 0.6) is 0 Å². The number of aliphatic hydroxyl groups is 5. The fourth-order valence-corrected chi connectivity index (χ4v) is 15.8. The second kappa shape index (κ2) is 24.8. The number of fused-ring (bicyclic) bond motifs is 7. The smallest absolute Gasteiger partial charge is 0.326 e. The molecule has 28 heteroatoms. The Bertz CT molecular complexity index is 2690. The molecule has 85 heavy (non-hydrogen) atoms. The highest BCUT2D eigenvalue weighted by atomic mass is 16.8. The Labute approximate surface area is 489 Å². The summed E-state index contributed by atoms with van der Waals surface area (Å²) in [6, 6.07) is -5.09. The molecule has 14 N–H and O–H groups in total. The van der Waals surface area contributed by atoms with Crippen LogP contribution >= 0.6 is 0 Å². The highest BCUT2D eigenvalue weighted by molar-refractivity contribution is 5.96. The van der Waals surface area contributed by atoms with Crippen LogP contribution in [-0.2, 0) is 66.9 Å². The van der Waals surface area contributed by atoms with E-state index in [4.69, 9.17) is 24.1 Å². The lowest BCUT2D eigenvalue weighted by Crippen LogP contribution is -2.69. The van der Waals surface area contributed by atoms with Crippen molar-refractivity contribution in [1.29, 1.82) is 0 Å². The Morgan fingerprint density at radius 1 is 0.576 bits per heavy atom. The number of aliphatic hydroxyl groups excluding tert-OH is 5. The minimum atomic E-state index is -2.31. The number of hydrogen-bond acceptors (Lipinski definition) is 19. The maximum absolute atomic E-state index is 15.4. The van der Waals surface area contributed by atoms with Gasteiger partial charge in [0, 0.05) is 30.6 Å². The summed E-state index contributed by atoms with van der Waals surface area (Å²) in [5, 5.41) is 120. The summed E-state index contributed by atoms with van der Waals surface area (Å²) in [7, 11) is 0. The van der Waals surface area contributed by atoms with Gasteiger partial charge in [-0.1, -0.05) is 54.0 Å². The van der Waals surface area contributed by atoms with Crippen molar-refractivity contribution in [2.75, 3.05) is 0 Å². The number of carboxylic acids is 6. The SMILES string of the molecule is CC12CCC3(C)C(=CC(=O)C4[C@@]5(C)CCC(OC6OC(C(=O)NC(CCC(=O)O)C(=O)O)C(O)C(O)C6OC6OC(C(=O)NC(CCC(=O)O)C(=O)O)C(O)C(O)C6O)C(C)(C)C5CC[C@]43C)C1C[C@@](C)(C(=O)NC(CCC(=O)O)C(=O)O)CC2. The van der Waals surface area contributed by atoms with Crippen LogP contribution in [0.15, 0.2) is 11.6 Å². The second-order valence-corrected chi connectivity index (χ2v) is 26.6. The van der Waals surface area contributed by atoms with Crippen LogP contribution in [-0.4, -0.2) is 201 Å². The Hall–Kier alpha value is -5.72. The quantitative estimate of drug-likeness (QED) is 0.0648. The first-order valence-electron chi connectivity index (χ1n) is 28.9. The summed E-state index contributed by atoms with van der Waals surface area (Å²) < 4.78 is 24.5. The first kappa shape index (κ1) is 66.8. The average Bonchev–Trinajstić information content (AvgIpc) is 0.718. The molecule has 7 rings (SSSR count). The number of nitrogens with one attached hydrogen (secondary N) is 3. The van der Waals surface area contributed by atoms with Gasteiger partial charge in [-0.3, -0.25) is 33.6 Å². The van der Waals surface area contributed by atoms with Gasteiger partial charge in [0.1, 0.15) is 54.7 Å². The molecule has 2 heterocycles. The number of rotatable bonds is 22. The van der Waals surface area contributed by atoms with Crippen LogP contribution in [0.4, 0.5) is 0 Å². The van der Waals surface area contributed by atoms with E-state index in [1.165, 1.54) is 0 Å². The second-order valence-electron chi connectivity index (χ2n) is 26.6. The molecular weight excluding hydrogens is 1130 g/mol. The lowest BCUT2D eigenvalue weighted by Gasteiger charge is -2.70. The summed E-state index contributed by atoms with van der Waals surface area (Å²) in [6.07, 6.45) is -20.2. The molecule has 0 radical (unpaired) electrons. The van der Waals surface area contributed by atoms with Crippen LogP contribution in [0, 0.1) is 50.2 Å². The van der Waals surface area contributed by atoms with E-state index in [2.05, 4.69) is 38.3 Å². The molecule has 4 saturated carbocycles. The molecule has 0 bridgehead atoms. The van der Waals surface area contributed by atoms with E-state index in [9.17, 15) is 94.2 Å². The van der Waals surface area contributed by atoms with Gasteiger partial charge in [0.05, 0.1) is 6.10 Å². The highest BCUT2D eigenvalue weighted by Gasteiger charge is 2.71. The van der Waals surface area contributed by atoms with Crippen molar-refractivity contribution in [3.63, 3.8) is 0 Å². The molecule has 0 spiro atoms. The molecular formula is C57H83N3O25. The van der Waals surface area contributed by atoms with Gasteiger partial charge in [-0.2, -0.15) is 0 Å². The third kappa shape index (κ3) is 12.7. The van der Waals surface area contributed by atoms with Gasteiger partial charge < -0.3 is 91.1 Å².